The summed E-state index contributed by atoms with van der Waals surface area (Å²) < 4.78 is 5.48. The third kappa shape index (κ3) is 6.61. The van der Waals surface area contributed by atoms with Crippen molar-refractivity contribution in [1.82, 2.24) is 16.2 Å². The Bertz CT molecular complexity index is 911. The van der Waals surface area contributed by atoms with E-state index in [0.29, 0.717) is 11.3 Å². The molecule has 0 radical (unpaired) electrons. The van der Waals surface area contributed by atoms with Crippen LogP contribution in [0.2, 0.25) is 0 Å². The molecule has 0 aromatic heterocycles. The maximum atomic E-state index is 12.0. The first-order valence-corrected chi connectivity index (χ1v) is 8.65. The molecule has 0 fully saturated rings. The molecule has 0 saturated heterocycles. The van der Waals surface area contributed by atoms with Gasteiger partial charge in [-0.05, 0) is 44.2 Å². The second-order valence-corrected chi connectivity index (χ2v) is 6.18. The van der Waals surface area contributed by atoms with Gasteiger partial charge >= 0.3 is 0 Å². The van der Waals surface area contributed by atoms with E-state index in [4.69, 9.17) is 4.74 Å². The molecular weight excluding hydrogens is 380 g/mol. The normalized spacial score (nSPS) is 10.2. The number of amides is 3. The van der Waals surface area contributed by atoms with Crippen molar-refractivity contribution in [3.8, 4) is 5.75 Å². The Labute approximate surface area is 166 Å². The summed E-state index contributed by atoms with van der Waals surface area (Å²) in [5.41, 5.74) is 4.51. The summed E-state index contributed by atoms with van der Waals surface area (Å²) in [5.74, 6) is -1.25. The van der Waals surface area contributed by atoms with Crippen LogP contribution >= 0.6 is 0 Å². The quantitative estimate of drug-likeness (QED) is 0.476. The third-order valence-electron chi connectivity index (χ3n) is 3.53. The van der Waals surface area contributed by atoms with Crippen LogP contribution in [0.4, 0.5) is 5.69 Å². The minimum absolute atomic E-state index is 0.00574. The monoisotopic (exact) mass is 400 g/mol. The molecule has 0 saturated carbocycles. The number of hydrogen-bond donors (Lipinski definition) is 3. The van der Waals surface area contributed by atoms with E-state index >= 15 is 0 Å². The summed E-state index contributed by atoms with van der Waals surface area (Å²) in [4.78, 5) is 45.9. The van der Waals surface area contributed by atoms with Gasteiger partial charge in [-0.1, -0.05) is 6.07 Å². The number of nitro benzene ring substituents is 1. The maximum absolute atomic E-state index is 12.0. The lowest BCUT2D eigenvalue weighted by atomic mass is 10.2. The van der Waals surface area contributed by atoms with Gasteiger partial charge in [0.2, 0.25) is 0 Å². The standard InChI is InChI=1S/C19H20N4O6/c1-12(2)29-16-8-6-13(7-9-16)19(26)22-21-17(24)11-20-18(25)14-4-3-5-15(10-14)23(27)28/h3-10,12H,11H2,1-2H3,(H,20,25)(H,21,24)(H,22,26). The number of hydrogen-bond acceptors (Lipinski definition) is 6. The Balaban J connectivity index is 1.80. The van der Waals surface area contributed by atoms with Crippen LogP contribution in [0.1, 0.15) is 34.6 Å². The van der Waals surface area contributed by atoms with Crippen LogP contribution in [0, 0.1) is 10.1 Å². The van der Waals surface area contributed by atoms with Crippen molar-refractivity contribution in [1.29, 1.82) is 0 Å². The third-order valence-corrected chi connectivity index (χ3v) is 3.53. The summed E-state index contributed by atoms with van der Waals surface area (Å²) in [6, 6.07) is 11.5. The lowest BCUT2D eigenvalue weighted by Crippen LogP contribution is -2.46. The fourth-order valence-electron chi connectivity index (χ4n) is 2.22. The fraction of sp³-hybridized carbons (Fsp3) is 0.211. The smallest absolute Gasteiger partial charge is 0.270 e. The van der Waals surface area contributed by atoms with Crippen LogP contribution in [-0.4, -0.2) is 35.3 Å². The van der Waals surface area contributed by atoms with E-state index in [1.807, 2.05) is 13.8 Å². The SMILES string of the molecule is CC(C)Oc1ccc(C(=O)NNC(=O)CNC(=O)c2cccc([N+](=O)[O-])c2)cc1. The van der Waals surface area contributed by atoms with Crippen molar-refractivity contribution in [2.24, 2.45) is 0 Å². The zero-order valence-corrected chi connectivity index (χ0v) is 15.8. The second kappa shape index (κ2) is 9.83. The molecule has 2 aromatic carbocycles. The molecule has 0 heterocycles. The Morgan fingerprint density at radius 3 is 2.31 bits per heavy atom. The number of hydrazine groups is 1. The lowest BCUT2D eigenvalue weighted by Gasteiger charge is -2.11. The molecule has 0 aliphatic carbocycles. The average Bonchev–Trinajstić information content (AvgIpc) is 2.70. The highest BCUT2D eigenvalue weighted by atomic mass is 16.6. The van der Waals surface area contributed by atoms with Crippen molar-refractivity contribution in [3.63, 3.8) is 0 Å². The number of nitro groups is 1. The van der Waals surface area contributed by atoms with Crippen LogP contribution in [0.3, 0.4) is 0 Å². The Morgan fingerprint density at radius 2 is 1.69 bits per heavy atom. The first-order valence-electron chi connectivity index (χ1n) is 8.65. The van der Waals surface area contributed by atoms with Crippen molar-refractivity contribution in [3.05, 3.63) is 69.8 Å². The molecule has 0 unspecified atom stereocenters. The summed E-state index contributed by atoms with van der Waals surface area (Å²) in [6.07, 6.45) is 0.00574. The van der Waals surface area contributed by atoms with Crippen LogP contribution < -0.4 is 20.9 Å². The first kappa shape index (κ1) is 21.4. The van der Waals surface area contributed by atoms with E-state index in [0.717, 1.165) is 6.07 Å². The molecule has 0 bridgehead atoms. The highest BCUT2D eigenvalue weighted by Crippen LogP contribution is 2.14. The van der Waals surface area contributed by atoms with E-state index in [1.165, 1.54) is 18.2 Å². The predicted molar refractivity (Wildman–Crippen MR) is 103 cm³/mol. The molecule has 10 nitrogen and oxygen atoms in total. The van der Waals surface area contributed by atoms with Gasteiger partial charge in [0.15, 0.2) is 0 Å². The zero-order chi connectivity index (χ0) is 21.4. The molecule has 2 aromatic rings. The topological polar surface area (TPSA) is 140 Å². The van der Waals surface area contributed by atoms with Gasteiger partial charge in [0, 0.05) is 23.3 Å². The average molecular weight is 400 g/mol. The van der Waals surface area contributed by atoms with Crippen LogP contribution in [0.15, 0.2) is 48.5 Å². The van der Waals surface area contributed by atoms with Gasteiger partial charge in [0.25, 0.3) is 23.4 Å². The van der Waals surface area contributed by atoms with E-state index in [2.05, 4.69) is 16.2 Å². The van der Waals surface area contributed by atoms with Gasteiger partial charge in [-0.25, -0.2) is 0 Å². The van der Waals surface area contributed by atoms with E-state index in [-0.39, 0.29) is 17.4 Å². The van der Waals surface area contributed by atoms with Crippen molar-refractivity contribution < 1.29 is 24.0 Å². The molecular formula is C19H20N4O6. The van der Waals surface area contributed by atoms with Gasteiger partial charge in [0.1, 0.15) is 5.75 Å². The van der Waals surface area contributed by atoms with E-state index in [9.17, 15) is 24.5 Å². The Hall–Kier alpha value is -3.95. The maximum Gasteiger partial charge on any atom is 0.270 e. The molecule has 3 N–H and O–H groups in total. The molecule has 29 heavy (non-hydrogen) atoms. The van der Waals surface area contributed by atoms with Crippen LogP contribution in [0.5, 0.6) is 5.75 Å². The number of ether oxygens (including phenoxy) is 1. The molecule has 0 atom stereocenters. The Morgan fingerprint density at radius 1 is 1.00 bits per heavy atom. The molecule has 0 aliphatic heterocycles. The lowest BCUT2D eigenvalue weighted by molar-refractivity contribution is -0.384. The number of non-ortho nitro benzene ring substituents is 1. The number of carbonyl (C=O) groups excluding carboxylic acids is 3. The highest BCUT2D eigenvalue weighted by molar-refractivity contribution is 5.98. The minimum Gasteiger partial charge on any atom is -0.491 e. The number of benzene rings is 2. The highest BCUT2D eigenvalue weighted by Gasteiger charge is 2.13. The molecule has 10 heteroatoms. The number of carbonyl (C=O) groups is 3. The summed E-state index contributed by atoms with van der Waals surface area (Å²) >= 11 is 0. The van der Waals surface area contributed by atoms with Crippen molar-refractivity contribution in [2.75, 3.05) is 6.54 Å². The second-order valence-electron chi connectivity index (χ2n) is 6.18. The largest absolute Gasteiger partial charge is 0.491 e. The first-order chi connectivity index (χ1) is 13.8. The molecule has 0 spiro atoms. The predicted octanol–water partition coefficient (Wildman–Crippen LogP) is 1.57. The van der Waals surface area contributed by atoms with Crippen molar-refractivity contribution in [2.45, 2.75) is 20.0 Å². The summed E-state index contributed by atoms with van der Waals surface area (Å²) in [5, 5.41) is 13.0. The van der Waals surface area contributed by atoms with Gasteiger partial charge in [-0.3, -0.25) is 35.3 Å². The van der Waals surface area contributed by atoms with Gasteiger partial charge in [-0.2, -0.15) is 0 Å². The fourth-order valence-corrected chi connectivity index (χ4v) is 2.22. The number of rotatable bonds is 7. The molecule has 3 amide bonds. The molecule has 152 valence electrons. The van der Waals surface area contributed by atoms with Gasteiger partial charge in [-0.15, -0.1) is 0 Å². The van der Waals surface area contributed by atoms with Crippen LogP contribution in [0.25, 0.3) is 0 Å². The van der Waals surface area contributed by atoms with Crippen molar-refractivity contribution >= 4 is 23.4 Å². The minimum atomic E-state index is -0.670. The summed E-state index contributed by atoms with van der Waals surface area (Å²) in [7, 11) is 0. The van der Waals surface area contributed by atoms with Gasteiger partial charge < -0.3 is 10.1 Å². The summed E-state index contributed by atoms with van der Waals surface area (Å²) in [6.45, 7) is 3.34. The van der Waals surface area contributed by atoms with E-state index < -0.39 is 29.2 Å². The number of nitrogens with zero attached hydrogens (tertiary/aromatic N) is 1. The van der Waals surface area contributed by atoms with Crippen LogP contribution in [-0.2, 0) is 4.79 Å². The zero-order valence-electron chi connectivity index (χ0n) is 15.8. The Kier molecular flexibility index (Phi) is 7.24. The van der Waals surface area contributed by atoms with E-state index in [1.54, 1.807) is 24.3 Å². The molecule has 0 aliphatic rings. The van der Waals surface area contributed by atoms with Gasteiger partial charge in [0.05, 0.1) is 17.6 Å². The number of nitrogens with one attached hydrogen (secondary N) is 3. The molecule has 2 rings (SSSR count).